The van der Waals surface area contributed by atoms with Gasteiger partial charge in [-0.25, -0.2) is 4.98 Å². The molecule has 0 bridgehead atoms. The van der Waals surface area contributed by atoms with Crippen LogP contribution in [0.5, 0.6) is 11.5 Å². The minimum atomic E-state index is 0. The number of hydrogen-bond donors (Lipinski definition) is 2. The van der Waals surface area contributed by atoms with Crippen LogP contribution in [0.25, 0.3) is 21.8 Å². The maximum absolute atomic E-state index is 10.6. The SMILES string of the molecule is CCCCN(CCCC)Cc1cc(Nc2c3ccc(Cl)cc3nc3ccc(OC)cc23)ccc1O.Cl.Cl. The number of nitrogens with one attached hydrogen (secondary N) is 1. The number of phenolic OH excluding ortho intramolecular Hbond substituents is 1. The number of ether oxygens (including phenoxy) is 1. The normalized spacial score (nSPS) is 10.8. The number of pyridine rings is 1. The molecule has 5 nitrogen and oxygen atoms in total. The van der Waals surface area contributed by atoms with Gasteiger partial charge in [0.1, 0.15) is 11.5 Å². The summed E-state index contributed by atoms with van der Waals surface area (Å²) in [6.45, 7) is 7.22. The van der Waals surface area contributed by atoms with E-state index in [9.17, 15) is 5.11 Å². The van der Waals surface area contributed by atoms with E-state index in [1.807, 2.05) is 42.5 Å². The highest BCUT2D eigenvalue weighted by atomic mass is 35.5. The van der Waals surface area contributed by atoms with Gasteiger partial charge in [0.2, 0.25) is 0 Å². The first-order chi connectivity index (χ1) is 17.0. The Hall–Kier alpha value is -2.44. The van der Waals surface area contributed by atoms with Crippen molar-refractivity contribution >= 4 is 69.6 Å². The molecule has 1 heterocycles. The van der Waals surface area contributed by atoms with E-state index in [4.69, 9.17) is 21.3 Å². The molecule has 0 saturated heterocycles. The van der Waals surface area contributed by atoms with Crippen LogP contribution >= 0.6 is 36.4 Å². The van der Waals surface area contributed by atoms with Crippen molar-refractivity contribution in [2.24, 2.45) is 0 Å². The number of benzene rings is 3. The minimum Gasteiger partial charge on any atom is -0.508 e. The van der Waals surface area contributed by atoms with Crippen molar-refractivity contribution < 1.29 is 9.84 Å². The standard InChI is InChI=1S/C29H34ClN3O2.2ClH/c1-4-6-14-33(15-7-5-2)19-20-16-22(9-13-28(20)34)31-29-24-11-8-21(30)17-27(24)32-26-12-10-23(35-3)18-25(26)29;;/h8-13,16-18,34H,4-7,14-15,19H2,1-3H3,(H,31,32);2*1H. The number of aromatic hydroxyl groups is 1. The van der Waals surface area contributed by atoms with Gasteiger partial charge in [0, 0.05) is 33.6 Å². The smallest absolute Gasteiger partial charge is 0.120 e. The van der Waals surface area contributed by atoms with Crippen LogP contribution in [0.3, 0.4) is 0 Å². The quantitative estimate of drug-likeness (QED) is 0.141. The number of rotatable bonds is 11. The Morgan fingerprint density at radius 3 is 2.30 bits per heavy atom. The van der Waals surface area contributed by atoms with Crippen molar-refractivity contribution in [1.29, 1.82) is 0 Å². The van der Waals surface area contributed by atoms with Crippen molar-refractivity contribution in [3.8, 4) is 11.5 Å². The van der Waals surface area contributed by atoms with E-state index in [0.29, 0.717) is 10.8 Å². The van der Waals surface area contributed by atoms with E-state index in [-0.39, 0.29) is 24.8 Å². The van der Waals surface area contributed by atoms with Gasteiger partial charge in [0.25, 0.3) is 0 Å². The summed E-state index contributed by atoms with van der Waals surface area (Å²) in [4.78, 5) is 7.26. The fraction of sp³-hybridized carbons (Fsp3) is 0.345. The van der Waals surface area contributed by atoms with E-state index in [0.717, 1.165) is 89.8 Å². The number of halogens is 3. The molecule has 4 rings (SSSR count). The van der Waals surface area contributed by atoms with Crippen LogP contribution < -0.4 is 10.1 Å². The molecule has 3 aromatic carbocycles. The summed E-state index contributed by atoms with van der Waals surface area (Å²) < 4.78 is 5.49. The highest BCUT2D eigenvalue weighted by Gasteiger charge is 2.14. The van der Waals surface area contributed by atoms with Gasteiger partial charge < -0.3 is 15.2 Å². The van der Waals surface area contributed by atoms with E-state index in [1.54, 1.807) is 13.2 Å². The molecule has 0 atom stereocenters. The first-order valence-electron chi connectivity index (χ1n) is 12.4. The van der Waals surface area contributed by atoms with Crippen LogP contribution in [-0.2, 0) is 6.54 Å². The zero-order valence-corrected chi connectivity index (χ0v) is 24.0. The Labute approximate surface area is 237 Å². The van der Waals surface area contributed by atoms with Gasteiger partial charge in [-0.3, -0.25) is 4.90 Å². The second kappa shape index (κ2) is 14.5. The largest absolute Gasteiger partial charge is 0.508 e. The Bertz CT molecular complexity index is 1310. The number of nitrogens with zero attached hydrogens (tertiary/aromatic N) is 2. The van der Waals surface area contributed by atoms with Gasteiger partial charge in [0.05, 0.1) is 23.8 Å². The number of hydrogen-bond acceptors (Lipinski definition) is 5. The molecule has 4 aromatic rings. The maximum atomic E-state index is 10.6. The van der Waals surface area contributed by atoms with Gasteiger partial charge >= 0.3 is 0 Å². The second-order valence-corrected chi connectivity index (χ2v) is 9.42. The summed E-state index contributed by atoms with van der Waals surface area (Å²) in [6, 6.07) is 17.4. The predicted octanol–water partition coefficient (Wildman–Crippen LogP) is 8.74. The molecule has 0 spiro atoms. The molecule has 0 saturated carbocycles. The third kappa shape index (κ3) is 7.55. The molecule has 0 unspecified atom stereocenters. The van der Waals surface area contributed by atoms with Crippen molar-refractivity contribution in [3.05, 3.63) is 65.2 Å². The number of phenols is 1. The van der Waals surface area contributed by atoms with Crippen LogP contribution in [0.1, 0.15) is 45.1 Å². The van der Waals surface area contributed by atoms with E-state index in [2.05, 4.69) is 30.1 Å². The predicted molar refractivity (Wildman–Crippen MR) is 162 cm³/mol. The zero-order valence-electron chi connectivity index (χ0n) is 21.6. The molecule has 0 aliphatic carbocycles. The van der Waals surface area contributed by atoms with Crippen LogP contribution in [0.15, 0.2) is 54.6 Å². The lowest BCUT2D eigenvalue weighted by Gasteiger charge is -2.23. The maximum Gasteiger partial charge on any atom is 0.120 e. The minimum absolute atomic E-state index is 0. The van der Waals surface area contributed by atoms with Crippen molar-refractivity contribution in [3.63, 3.8) is 0 Å². The highest BCUT2D eigenvalue weighted by molar-refractivity contribution is 6.31. The molecule has 200 valence electrons. The Kier molecular flexibility index (Phi) is 12.1. The highest BCUT2D eigenvalue weighted by Crippen LogP contribution is 2.36. The third-order valence-electron chi connectivity index (χ3n) is 6.34. The number of methoxy groups -OCH3 is 1. The topological polar surface area (TPSA) is 57.6 Å². The number of aromatic nitrogens is 1. The van der Waals surface area contributed by atoms with Crippen LogP contribution in [0, 0.1) is 0 Å². The first-order valence-corrected chi connectivity index (χ1v) is 12.8. The molecule has 37 heavy (non-hydrogen) atoms. The van der Waals surface area contributed by atoms with Gasteiger partial charge in [-0.05, 0) is 80.5 Å². The van der Waals surface area contributed by atoms with Gasteiger partial charge in [-0.15, -0.1) is 24.8 Å². The Morgan fingerprint density at radius 1 is 0.892 bits per heavy atom. The number of anilines is 2. The molecular formula is C29H36Cl3N3O2. The van der Waals surface area contributed by atoms with Gasteiger partial charge in [-0.1, -0.05) is 38.3 Å². The van der Waals surface area contributed by atoms with Crippen molar-refractivity contribution in [2.75, 3.05) is 25.5 Å². The second-order valence-electron chi connectivity index (χ2n) is 8.98. The molecule has 8 heteroatoms. The van der Waals surface area contributed by atoms with Crippen molar-refractivity contribution in [1.82, 2.24) is 9.88 Å². The van der Waals surface area contributed by atoms with Gasteiger partial charge in [0.15, 0.2) is 0 Å². The molecule has 0 radical (unpaired) electrons. The molecule has 1 aromatic heterocycles. The first kappa shape index (κ1) is 30.8. The Morgan fingerprint density at radius 2 is 1.62 bits per heavy atom. The average Bonchev–Trinajstić information content (AvgIpc) is 2.86. The van der Waals surface area contributed by atoms with Crippen LogP contribution in [0.2, 0.25) is 5.02 Å². The lowest BCUT2D eigenvalue weighted by molar-refractivity contribution is 0.254. The number of fused-ring (bicyclic) bond motifs is 2. The molecule has 0 amide bonds. The number of unbranched alkanes of at least 4 members (excludes halogenated alkanes) is 2. The van der Waals surface area contributed by atoms with E-state index < -0.39 is 0 Å². The summed E-state index contributed by atoms with van der Waals surface area (Å²) in [6.07, 6.45) is 4.63. The average molecular weight is 565 g/mol. The van der Waals surface area contributed by atoms with Crippen molar-refractivity contribution in [2.45, 2.75) is 46.1 Å². The van der Waals surface area contributed by atoms with E-state index >= 15 is 0 Å². The molecular weight excluding hydrogens is 529 g/mol. The van der Waals surface area contributed by atoms with E-state index in [1.165, 1.54) is 0 Å². The lowest BCUT2D eigenvalue weighted by Crippen LogP contribution is -2.25. The molecule has 0 aliphatic rings. The van der Waals surface area contributed by atoms with Crippen LogP contribution in [0.4, 0.5) is 11.4 Å². The zero-order chi connectivity index (χ0) is 24.8. The monoisotopic (exact) mass is 563 g/mol. The lowest BCUT2D eigenvalue weighted by atomic mass is 10.1. The fourth-order valence-electron chi connectivity index (χ4n) is 4.37. The summed E-state index contributed by atoms with van der Waals surface area (Å²) in [5, 5.41) is 16.8. The summed E-state index contributed by atoms with van der Waals surface area (Å²) >= 11 is 6.28. The molecule has 0 fully saturated rings. The molecule has 2 N–H and O–H groups in total. The summed E-state index contributed by atoms with van der Waals surface area (Å²) in [5.74, 6) is 1.09. The third-order valence-corrected chi connectivity index (χ3v) is 6.58. The summed E-state index contributed by atoms with van der Waals surface area (Å²) in [7, 11) is 1.66. The fourth-order valence-corrected chi connectivity index (χ4v) is 4.53. The van der Waals surface area contributed by atoms with Gasteiger partial charge in [-0.2, -0.15) is 0 Å². The Balaban J connectivity index is 0.00000241. The van der Waals surface area contributed by atoms with Crippen LogP contribution in [-0.4, -0.2) is 35.2 Å². The molecule has 0 aliphatic heterocycles. The summed E-state index contributed by atoms with van der Waals surface area (Å²) in [5.41, 5.74) is 4.45.